The number of amides is 1. The van der Waals surface area contributed by atoms with Crippen LogP contribution in [0.1, 0.15) is 41.0 Å². The summed E-state index contributed by atoms with van der Waals surface area (Å²) in [6.45, 7) is 0.736. The fraction of sp³-hybridized carbons (Fsp3) is 0.421. The third-order valence-electron chi connectivity index (χ3n) is 5.27. The summed E-state index contributed by atoms with van der Waals surface area (Å²) in [5.41, 5.74) is 2.43. The van der Waals surface area contributed by atoms with Crippen LogP contribution < -0.4 is 0 Å². The van der Waals surface area contributed by atoms with Crippen molar-refractivity contribution >= 4 is 11.9 Å². The van der Waals surface area contributed by atoms with E-state index in [1.807, 2.05) is 0 Å². The number of halogens is 1. The van der Waals surface area contributed by atoms with E-state index in [2.05, 4.69) is 5.10 Å². The van der Waals surface area contributed by atoms with Crippen molar-refractivity contribution in [1.82, 2.24) is 14.7 Å². The van der Waals surface area contributed by atoms with E-state index in [1.165, 1.54) is 6.07 Å². The Balaban J connectivity index is 1.69. The number of hydrogen-bond donors (Lipinski definition) is 1. The molecule has 2 aliphatic rings. The number of fused-ring (bicyclic) bond motifs is 1. The second-order valence-electron chi connectivity index (χ2n) is 6.92. The Kier molecular flexibility index (Phi) is 4.22. The summed E-state index contributed by atoms with van der Waals surface area (Å²) in [6, 6.07) is 6.39. The van der Waals surface area contributed by atoms with E-state index < -0.39 is 11.9 Å². The lowest BCUT2D eigenvalue weighted by Crippen LogP contribution is -2.42. The lowest BCUT2D eigenvalue weighted by atomic mass is 9.98. The van der Waals surface area contributed by atoms with Gasteiger partial charge in [0.2, 0.25) is 0 Å². The zero-order valence-corrected chi connectivity index (χ0v) is 14.3. The molecule has 4 rings (SSSR count). The van der Waals surface area contributed by atoms with E-state index in [-0.39, 0.29) is 18.3 Å². The molecular weight excluding hydrogens is 337 g/mol. The average molecular weight is 357 g/mol. The molecule has 1 atom stereocenters. The molecule has 0 saturated carbocycles. The van der Waals surface area contributed by atoms with Gasteiger partial charge < -0.3 is 10.0 Å². The first kappa shape index (κ1) is 16.8. The van der Waals surface area contributed by atoms with Crippen molar-refractivity contribution < 1.29 is 19.1 Å². The highest BCUT2D eigenvalue weighted by atomic mass is 19.1. The molecule has 0 bridgehead atoms. The molecule has 1 aliphatic heterocycles. The molecule has 1 amide bonds. The summed E-state index contributed by atoms with van der Waals surface area (Å²) in [6.07, 6.45) is 3.64. The molecule has 2 aromatic rings. The van der Waals surface area contributed by atoms with Crippen LogP contribution in [0.15, 0.2) is 24.3 Å². The molecule has 6 nitrogen and oxygen atoms in total. The Hall–Kier alpha value is -2.70. The number of likely N-dealkylation sites (tertiary alicyclic amines) is 1. The standard InChI is InChI=1S/C19H20FN3O3/c20-14-7-1-2-8-16(14)23-15-9-3-6-13(15)17(21-23)18(24)22-10-4-5-12(11-22)19(25)26/h1-2,7-8,12H,3-6,9-11H2,(H,25,26). The zero-order valence-electron chi connectivity index (χ0n) is 14.3. The van der Waals surface area contributed by atoms with Crippen molar-refractivity contribution in [3.05, 3.63) is 47.0 Å². The van der Waals surface area contributed by atoms with Gasteiger partial charge in [-0.3, -0.25) is 9.59 Å². The third kappa shape index (κ3) is 2.77. The molecule has 1 aromatic heterocycles. The first-order chi connectivity index (χ1) is 12.6. The monoisotopic (exact) mass is 357 g/mol. The normalized spacial score (nSPS) is 19.4. The van der Waals surface area contributed by atoms with E-state index in [0.29, 0.717) is 30.8 Å². The van der Waals surface area contributed by atoms with Gasteiger partial charge in [0.25, 0.3) is 5.91 Å². The fourth-order valence-electron chi connectivity index (χ4n) is 3.94. The Labute approximate surface area is 150 Å². The van der Waals surface area contributed by atoms with Crippen LogP contribution in [-0.2, 0) is 17.6 Å². The third-order valence-corrected chi connectivity index (χ3v) is 5.27. The summed E-state index contributed by atoms with van der Waals surface area (Å²) in [4.78, 5) is 25.9. The number of carbonyl (C=O) groups excluding carboxylic acids is 1. The van der Waals surface area contributed by atoms with Crippen LogP contribution in [0, 0.1) is 11.7 Å². The lowest BCUT2D eigenvalue weighted by molar-refractivity contribution is -0.143. The van der Waals surface area contributed by atoms with Gasteiger partial charge in [-0.05, 0) is 44.2 Å². The molecule has 0 spiro atoms. The molecule has 136 valence electrons. The number of carboxylic acid groups (broad SMARTS) is 1. The topological polar surface area (TPSA) is 75.4 Å². The van der Waals surface area contributed by atoms with Gasteiger partial charge in [-0.2, -0.15) is 5.10 Å². The first-order valence-corrected chi connectivity index (χ1v) is 8.94. The minimum Gasteiger partial charge on any atom is -0.481 e. The summed E-state index contributed by atoms with van der Waals surface area (Å²) < 4.78 is 15.8. The Bertz CT molecular complexity index is 877. The highest BCUT2D eigenvalue weighted by Crippen LogP contribution is 2.30. The smallest absolute Gasteiger partial charge is 0.308 e. The number of carboxylic acids is 1. The molecule has 0 radical (unpaired) electrons. The summed E-state index contributed by atoms with van der Waals surface area (Å²) in [5, 5.41) is 13.7. The van der Waals surface area contributed by atoms with Crippen molar-refractivity contribution in [2.24, 2.45) is 5.92 Å². The van der Waals surface area contributed by atoms with Gasteiger partial charge >= 0.3 is 5.97 Å². The first-order valence-electron chi connectivity index (χ1n) is 8.94. The number of hydrogen-bond acceptors (Lipinski definition) is 3. The van der Waals surface area contributed by atoms with Crippen LogP contribution in [-0.4, -0.2) is 44.8 Å². The maximum absolute atomic E-state index is 14.2. The van der Waals surface area contributed by atoms with Gasteiger partial charge in [-0.25, -0.2) is 9.07 Å². The van der Waals surface area contributed by atoms with E-state index >= 15 is 0 Å². The molecule has 1 aliphatic carbocycles. The second kappa shape index (κ2) is 6.55. The highest BCUT2D eigenvalue weighted by molar-refractivity contribution is 5.94. The molecule has 7 heteroatoms. The van der Waals surface area contributed by atoms with Crippen LogP contribution in [0.5, 0.6) is 0 Å². The number of benzene rings is 1. The van der Waals surface area contributed by atoms with Crippen molar-refractivity contribution in [3.8, 4) is 5.69 Å². The summed E-state index contributed by atoms with van der Waals surface area (Å²) >= 11 is 0. The van der Waals surface area contributed by atoms with E-state index in [1.54, 1.807) is 27.8 Å². The average Bonchev–Trinajstić information content (AvgIpc) is 3.24. The minimum atomic E-state index is -0.871. The van der Waals surface area contributed by atoms with Gasteiger partial charge in [-0.15, -0.1) is 0 Å². The predicted molar refractivity (Wildman–Crippen MR) is 91.8 cm³/mol. The van der Waals surface area contributed by atoms with E-state index in [0.717, 1.165) is 30.5 Å². The Morgan fingerprint density at radius 2 is 2.00 bits per heavy atom. The number of nitrogens with zero attached hydrogens (tertiary/aromatic N) is 3. The predicted octanol–water partition coefficient (Wildman–Crippen LogP) is 2.44. The van der Waals surface area contributed by atoms with Gasteiger partial charge in [0, 0.05) is 24.3 Å². The fourth-order valence-corrected chi connectivity index (χ4v) is 3.94. The number of piperidine rings is 1. The molecule has 26 heavy (non-hydrogen) atoms. The van der Waals surface area contributed by atoms with Gasteiger partial charge in [0.1, 0.15) is 11.5 Å². The zero-order chi connectivity index (χ0) is 18.3. The Morgan fingerprint density at radius 3 is 2.77 bits per heavy atom. The van der Waals surface area contributed by atoms with Crippen LogP contribution >= 0.6 is 0 Å². The second-order valence-corrected chi connectivity index (χ2v) is 6.92. The number of para-hydroxylation sites is 1. The highest BCUT2D eigenvalue weighted by Gasteiger charge is 2.33. The number of rotatable bonds is 3. The number of carbonyl (C=O) groups is 2. The van der Waals surface area contributed by atoms with Crippen LogP contribution in [0.3, 0.4) is 0 Å². The van der Waals surface area contributed by atoms with Crippen molar-refractivity contribution in [3.63, 3.8) is 0 Å². The quantitative estimate of drug-likeness (QED) is 0.915. The number of aromatic nitrogens is 2. The lowest BCUT2D eigenvalue weighted by Gasteiger charge is -2.30. The molecule has 1 N–H and O–H groups in total. The molecule has 1 aromatic carbocycles. The summed E-state index contributed by atoms with van der Waals surface area (Å²) in [7, 11) is 0. The molecular formula is C19H20FN3O3. The maximum Gasteiger partial charge on any atom is 0.308 e. The maximum atomic E-state index is 14.2. The molecule has 1 fully saturated rings. The van der Waals surface area contributed by atoms with Crippen molar-refractivity contribution in [1.29, 1.82) is 0 Å². The van der Waals surface area contributed by atoms with Crippen LogP contribution in [0.25, 0.3) is 5.69 Å². The molecule has 1 saturated heterocycles. The van der Waals surface area contributed by atoms with Crippen molar-refractivity contribution in [2.75, 3.05) is 13.1 Å². The van der Waals surface area contributed by atoms with Gasteiger partial charge in [0.05, 0.1) is 5.92 Å². The largest absolute Gasteiger partial charge is 0.481 e. The molecule has 1 unspecified atom stereocenters. The van der Waals surface area contributed by atoms with Gasteiger partial charge in [0.15, 0.2) is 5.69 Å². The molecule has 2 heterocycles. The van der Waals surface area contributed by atoms with Crippen molar-refractivity contribution in [2.45, 2.75) is 32.1 Å². The summed E-state index contributed by atoms with van der Waals surface area (Å²) in [5.74, 6) is -2.03. The minimum absolute atomic E-state index is 0.204. The van der Waals surface area contributed by atoms with Crippen LogP contribution in [0.2, 0.25) is 0 Å². The SMILES string of the molecule is O=C(O)C1CCCN(C(=O)c2nn(-c3ccccc3F)c3c2CCC3)C1. The van der Waals surface area contributed by atoms with E-state index in [4.69, 9.17) is 0 Å². The number of aliphatic carboxylic acids is 1. The Morgan fingerprint density at radius 1 is 1.19 bits per heavy atom. The van der Waals surface area contributed by atoms with Gasteiger partial charge in [-0.1, -0.05) is 12.1 Å². The van der Waals surface area contributed by atoms with E-state index in [9.17, 15) is 19.1 Å². The van der Waals surface area contributed by atoms with Crippen LogP contribution in [0.4, 0.5) is 4.39 Å².